The summed E-state index contributed by atoms with van der Waals surface area (Å²) in [5.41, 5.74) is 6.31. The van der Waals surface area contributed by atoms with Crippen molar-refractivity contribution in [1.29, 1.82) is 0 Å². The molecule has 0 aromatic heterocycles. The molecule has 0 aliphatic carbocycles. The number of hydrogen-bond donors (Lipinski definition) is 1. The zero-order chi connectivity index (χ0) is 14.4. The monoisotopic (exact) mass is 277 g/mol. The van der Waals surface area contributed by atoms with Gasteiger partial charge in [0.1, 0.15) is 5.75 Å². The molecule has 1 aromatic carbocycles. The minimum atomic E-state index is 0.0993. The second-order valence-corrected chi connectivity index (χ2v) is 5.00. The lowest BCUT2D eigenvalue weighted by Gasteiger charge is -2.21. The predicted octanol–water partition coefficient (Wildman–Crippen LogP) is 0.802. The molecule has 1 aliphatic heterocycles. The summed E-state index contributed by atoms with van der Waals surface area (Å²) in [6.07, 6.45) is 1.00. The number of nitrogens with zero attached hydrogens (tertiary/aromatic N) is 2. The van der Waals surface area contributed by atoms with Gasteiger partial charge in [-0.05, 0) is 37.2 Å². The maximum Gasteiger partial charge on any atom is 0.253 e. The Morgan fingerprint density at radius 2 is 1.95 bits per heavy atom. The molecule has 1 heterocycles. The Hall–Kier alpha value is -1.59. The normalized spacial score (nSPS) is 16.8. The Balaban J connectivity index is 1.97. The van der Waals surface area contributed by atoms with Crippen LogP contribution in [0.5, 0.6) is 5.75 Å². The molecule has 1 aromatic rings. The number of methoxy groups -OCH3 is 1. The number of carbonyl (C=O) groups is 1. The summed E-state index contributed by atoms with van der Waals surface area (Å²) in [7, 11) is 1.62. The lowest BCUT2D eigenvalue weighted by molar-refractivity contribution is 0.0761. The summed E-state index contributed by atoms with van der Waals surface area (Å²) in [4.78, 5) is 16.7. The number of nitrogens with two attached hydrogens (primary N) is 1. The summed E-state index contributed by atoms with van der Waals surface area (Å²) >= 11 is 0. The molecule has 20 heavy (non-hydrogen) atoms. The van der Waals surface area contributed by atoms with Crippen LogP contribution in [0.1, 0.15) is 16.8 Å². The number of amides is 1. The third-order valence-electron chi connectivity index (χ3n) is 3.66. The van der Waals surface area contributed by atoms with E-state index in [1.165, 1.54) is 0 Å². The molecule has 0 unspecified atom stereocenters. The Bertz CT molecular complexity index is 433. The molecule has 1 amide bonds. The lowest BCUT2D eigenvalue weighted by Crippen LogP contribution is -2.36. The van der Waals surface area contributed by atoms with Crippen molar-refractivity contribution in [1.82, 2.24) is 9.80 Å². The van der Waals surface area contributed by atoms with Gasteiger partial charge in [0, 0.05) is 38.3 Å². The highest BCUT2D eigenvalue weighted by Crippen LogP contribution is 2.14. The van der Waals surface area contributed by atoms with Crippen LogP contribution in [-0.2, 0) is 0 Å². The van der Waals surface area contributed by atoms with Gasteiger partial charge in [-0.1, -0.05) is 0 Å². The van der Waals surface area contributed by atoms with Crippen LogP contribution in [0.3, 0.4) is 0 Å². The molecule has 0 saturated carbocycles. The molecule has 5 heteroatoms. The number of hydrogen-bond acceptors (Lipinski definition) is 4. The highest BCUT2D eigenvalue weighted by atomic mass is 16.5. The first-order chi connectivity index (χ1) is 9.74. The number of rotatable bonds is 4. The smallest absolute Gasteiger partial charge is 0.253 e. The van der Waals surface area contributed by atoms with Gasteiger partial charge >= 0.3 is 0 Å². The molecule has 0 radical (unpaired) electrons. The maximum absolute atomic E-state index is 12.5. The van der Waals surface area contributed by atoms with Crippen molar-refractivity contribution in [3.8, 4) is 5.75 Å². The van der Waals surface area contributed by atoms with Crippen molar-refractivity contribution < 1.29 is 9.53 Å². The van der Waals surface area contributed by atoms with Crippen molar-refractivity contribution in [2.75, 3.05) is 46.4 Å². The SMILES string of the molecule is COc1ccc(C(=O)N2CCCN(CCN)CC2)cc1. The van der Waals surface area contributed by atoms with Gasteiger partial charge < -0.3 is 20.3 Å². The molecule has 1 aliphatic rings. The second-order valence-electron chi connectivity index (χ2n) is 5.00. The lowest BCUT2D eigenvalue weighted by atomic mass is 10.2. The molecular formula is C15H23N3O2. The third-order valence-corrected chi connectivity index (χ3v) is 3.66. The standard InChI is InChI=1S/C15H23N3O2/c1-20-14-5-3-13(4-6-14)15(19)18-9-2-8-17(10-7-16)11-12-18/h3-6H,2,7-12,16H2,1H3. The van der Waals surface area contributed by atoms with E-state index in [1.54, 1.807) is 7.11 Å². The molecule has 1 fully saturated rings. The van der Waals surface area contributed by atoms with Gasteiger partial charge in [0.2, 0.25) is 0 Å². The van der Waals surface area contributed by atoms with E-state index in [0.29, 0.717) is 6.54 Å². The molecule has 0 bridgehead atoms. The second kappa shape index (κ2) is 7.26. The van der Waals surface area contributed by atoms with E-state index in [4.69, 9.17) is 10.5 Å². The molecule has 2 N–H and O–H groups in total. The van der Waals surface area contributed by atoms with Crippen molar-refractivity contribution in [3.05, 3.63) is 29.8 Å². The number of carbonyl (C=O) groups excluding carboxylic acids is 1. The summed E-state index contributed by atoms with van der Waals surface area (Å²) in [5, 5.41) is 0. The topological polar surface area (TPSA) is 58.8 Å². The molecule has 110 valence electrons. The Labute approximate surface area is 120 Å². The van der Waals surface area contributed by atoms with Gasteiger partial charge in [0.25, 0.3) is 5.91 Å². The van der Waals surface area contributed by atoms with Crippen molar-refractivity contribution in [2.45, 2.75) is 6.42 Å². The van der Waals surface area contributed by atoms with Gasteiger partial charge in [-0.2, -0.15) is 0 Å². The van der Waals surface area contributed by atoms with Gasteiger partial charge in [0.15, 0.2) is 0 Å². The van der Waals surface area contributed by atoms with E-state index in [1.807, 2.05) is 29.2 Å². The van der Waals surface area contributed by atoms with Crippen molar-refractivity contribution in [2.24, 2.45) is 5.73 Å². The van der Waals surface area contributed by atoms with E-state index in [-0.39, 0.29) is 5.91 Å². The molecule has 5 nitrogen and oxygen atoms in total. The van der Waals surface area contributed by atoms with Gasteiger partial charge in [0.05, 0.1) is 7.11 Å². The van der Waals surface area contributed by atoms with Crippen LogP contribution in [-0.4, -0.2) is 62.1 Å². The molecule has 0 atom stereocenters. The summed E-state index contributed by atoms with van der Waals surface area (Å²) in [5.74, 6) is 0.869. The van der Waals surface area contributed by atoms with Crippen LogP contribution in [0.2, 0.25) is 0 Å². The predicted molar refractivity (Wildman–Crippen MR) is 79.0 cm³/mol. The minimum Gasteiger partial charge on any atom is -0.497 e. The first-order valence-electron chi connectivity index (χ1n) is 7.10. The first-order valence-corrected chi connectivity index (χ1v) is 7.10. The van der Waals surface area contributed by atoms with Crippen LogP contribution in [0.15, 0.2) is 24.3 Å². The molecular weight excluding hydrogens is 254 g/mol. The zero-order valence-electron chi connectivity index (χ0n) is 12.0. The number of ether oxygens (including phenoxy) is 1. The van der Waals surface area contributed by atoms with E-state index in [0.717, 1.165) is 50.5 Å². The average Bonchev–Trinajstić information content (AvgIpc) is 2.73. The maximum atomic E-state index is 12.5. The Morgan fingerprint density at radius 3 is 2.60 bits per heavy atom. The average molecular weight is 277 g/mol. The molecule has 0 spiro atoms. The summed E-state index contributed by atoms with van der Waals surface area (Å²) in [6, 6.07) is 7.30. The fraction of sp³-hybridized carbons (Fsp3) is 0.533. The zero-order valence-corrected chi connectivity index (χ0v) is 12.0. The van der Waals surface area contributed by atoms with E-state index in [2.05, 4.69) is 4.90 Å². The fourth-order valence-corrected chi connectivity index (χ4v) is 2.50. The van der Waals surface area contributed by atoms with Gasteiger partial charge in [-0.3, -0.25) is 4.79 Å². The minimum absolute atomic E-state index is 0.0993. The largest absolute Gasteiger partial charge is 0.497 e. The summed E-state index contributed by atoms with van der Waals surface area (Å²) < 4.78 is 5.11. The number of benzene rings is 1. The van der Waals surface area contributed by atoms with Crippen LogP contribution in [0, 0.1) is 0 Å². The van der Waals surface area contributed by atoms with E-state index < -0.39 is 0 Å². The molecule has 2 rings (SSSR count). The van der Waals surface area contributed by atoms with Crippen LogP contribution < -0.4 is 10.5 Å². The highest BCUT2D eigenvalue weighted by Gasteiger charge is 2.19. The van der Waals surface area contributed by atoms with Crippen LogP contribution in [0.25, 0.3) is 0 Å². The third kappa shape index (κ3) is 3.71. The van der Waals surface area contributed by atoms with Crippen molar-refractivity contribution in [3.63, 3.8) is 0 Å². The van der Waals surface area contributed by atoms with E-state index >= 15 is 0 Å². The van der Waals surface area contributed by atoms with E-state index in [9.17, 15) is 4.79 Å². The van der Waals surface area contributed by atoms with Gasteiger partial charge in [-0.15, -0.1) is 0 Å². The fourth-order valence-electron chi connectivity index (χ4n) is 2.50. The quantitative estimate of drug-likeness (QED) is 0.884. The van der Waals surface area contributed by atoms with Crippen LogP contribution >= 0.6 is 0 Å². The Kier molecular flexibility index (Phi) is 5.38. The van der Waals surface area contributed by atoms with Crippen LogP contribution in [0.4, 0.5) is 0 Å². The first kappa shape index (κ1) is 14.8. The summed E-state index contributed by atoms with van der Waals surface area (Å²) in [6.45, 7) is 5.08. The Morgan fingerprint density at radius 1 is 1.20 bits per heavy atom. The van der Waals surface area contributed by atoms with Gasteiger partial charge in [-0.25, -0.2) is 0 Å². The highest BCUT2D eigenvalue weighted by molar-refractivity contribution is 5.94. The van der Waals surface area contributed by atoms with Crippen molar-refractivity contribution >= 4 is 5.91 Å². The molecule has 1 saturated heterocycles.